The maximum absolute atomic E-state index is 13.8. The number of amides is 1. The fraction of sp³-hybridized carbons (Fsp3) is 0.250. The molecule has 0 spiro atoms. The van der Waals surface area contributed by atoms with Crippen molar-refractivity contribution in [2.24, 2.45) is 0 Å². The molecular weight excluding hydrogens is 447 g/mol. The number of carbonyl (C=O) groups excluding carboxylic acids is 1. The first-order valence-electron chi connectivity index (χ1n) is 11.6. The molecule has 0 radical (unpaired) electrons. The summed E-state index contributed by atoms with van der Waals surface area (Å²) < 4.78 is 24.8. The Morgan fingerprint density at radius 3 is 2.57 bits per heavy atom. The molecule has 0 aliphatic carbocycles. The second-order valence-corrected chi connectivity index (χ2v) is 8.35. The largest absolute Gasteiger partial charge is 0.497 e. The summed E-state index contributed by atoms with van der Waals surface area (Å²) in [5.41, 5.74) is 3.78. The molecule has 7 heteroatoms. The third-order valence-electron chi connectivity index (χ3n) is 5.86. The Labute approximate surface area is 203 Å². The number of halogens is 1. The predicted octanol–water partition coefficient (Wildman–Crippen LogP) is 5.10. The van der Waals surface area contributed by atoms with Gasteiger partial charge in [-0.05, 0) is 72.0 Å². The molecule has 1 aromatic heterocycles. The van der Waals surface area contributed by atoms with E-state index in [1.54, 1.807) is 31.5 Å². The van der Waals surface area contributed by atoms with Gasteiger partial charge in [0.15, 0.2) is 0 Å². The van der Waals surface area contributed by atoms with Crippen LogP contribution in [0.4, 0.5) is 4.39 Å². The fourth-order valence-electron chi connectivity index (χ4n) is 4.02. The zero-order valence-electron chi connectivity index (χ0n) is 19.8. The van der Waals surface area contributed by atoms with Crippen LogP contribution in [-0.4, -0.2) is 42.4 Å². The number of aliphatic hydroxyl groups excluding tert-OH is 1. The second kappa shape index (κ2) is 11.1. The predicted molar refractivity (Wildman–Crippen MR) is 135 cm³/mol. The monoisotopic (exact) mass is 476 g/mol. The van der Waals surface area contributed by atoms with Crippen molar-refractivity contribution < 1.29 is 23.8 Å². The van der Waals surface area contributed by atoms with E-state index >= 15 is 0 Å². The summed E-state index contributed by atoms with van der Waals surface area (Å²) in [6.07, 6.45) is 2.92. The van der Waals surface area contributed by atoms with Gasteiger partial charge >= 0.3 is 0 Å². The summed E-state index contributed by atoms with van der Waals surface area (Å²) in [5, 5.41) is 13.6. The zero-order chi connectivity index (χ0) is 24.8. The average Bonchev–Trinajstić information content (AvgIpc) is 3.28. The molecular formula is C28H29FN2O4. The quantitative estimate of drug-likeness (QED) is 0.297. The van der Waals surface area contributed by atoms with E-state index in [-0.39, 0.29) is 18.3 Å². The van der Waals surface area contributed by atoms with E-state index < -0.39 is 6.04 Å². The first-order chi connectivity index (χ1) is 17.0. The summed E-state index contributed by atoms with van der Waals surface area (Å²) >= 11 is 0. The van der Waals surface area contributed by atoms with Crippen molar-refractivity contribution in [3.8, 4) is 22.6 Å². The van der Waals surface area contributed by atoms with Crippen molar-refractivity contribution >= 4 is 16.8 Å². The van der Waals surface area contributed by atoms with E-state index in [0.29, 0.717) is 24.3 Å². The van der Waals surface area contributed by atoms with E-state index in [1.807, 2.05) is 37.3 Å². The lowest BCUT2D eigenvalue weighted by Crippen LogP contribution is -2.39. The number of hydrogen-bond acceptors (Lipinski definition) is 4. The highest BCUT2D eigenvalue weighted by atomic mass is 19.1. The zero-order valence-corrected chi connectivity index (χ0v) is 19.8. The van der Waals surface area contributed by atoms with Gasteiger partial charge in [0.25, 0.3) is 5.91 Å². The van der Waals surface area contributed by atoms with Gasteiger partial charge in [0.1, 0.15) is 17.3 Å². The number of benzene rings is 3. The Balaban J connectivity index is 1.59. The van der Waals surface area contributed by atoms with Crippen LogP contribution in [0.1, 0.15) is 29.3 Å². The molecule has 1 amide bonds. The highest BCUT2D eigenvalue weighted by Crippen LogP contribution is 2.29. The third-order valence-corrected chi connectivity index (χ3v) is 5.86. The Bertz CT molecular complexity index is 1300. The van der Waals surface area contributed by atoms with Crippen LogP contribution in [0.3, 0.4) is 0 Å². The van der Waals surface area contributed by atoms with Gasteiger partial charge in [0, 0.05) is 17.1 Å². The molecule has 3 N–H and O–H groups in total. The van der Waals surface area contributed by atoms with Gasteiger partial charge in [-0.3, -0.25) is 4.79 Å². The molecule has 182 valence electrons. The number of aromatic nitrogens is 1. The van der Waals surface area contributed by atoms with Crippen molar-refractivity contribution in [3.05, 3.63) is 83.8 Å². The first kappa shape index (κ1) is 24.3. The number of carbonyl (C=O) groups is 1. The van der Waals surface area contributed by atoms with Gasteiger partial charge in [-0.1, -0.05) is 25.1 Å². The minimum Gasteiger partial charge on any atom is -0.497 e. The van der Waals surface area contributed by atoms with Crippen molar-refractivity contribution in [3.63, 3.8) is 0 Å². The number of aromatic amines is 1. The van der Waals surface area contributed by atoms with E-state index in [9.17, 15) is 14.3 Å². The first-order valence-corrected chi connectivity index (χ1v) is 11.6. The van der Waals surface area contributed by atoms with Crippen LogP contribution in [0.5, 0.6) is 11.5 Å². The molecule has 0 aliphatic rings. The molecule has 6 nitrogen and oxygen atoms in total. The standard InChI is InChI=1S/C28H29FN2O4/c1-3-12-35-27-11-6-19(18-4-8-23(34-2)9-5-18)14-25(27)28(33)31-22(17-32)13-20-16-30-26-10-7-21(29)15-24(20)26/h4-11,14-16,22,30,32H,3,12-13,17H2,1-2H3,(H,31,33). The number of aliphatic hydroxyl groups is 1. The Hall–Kier alpha value is -3.84. The lowest BCUT2D eigenvalue weighted by Gasteiger charge is -2.18. The maximum Gasteiger partial charge on any atom is 0.255 e. The molecule has 0 aliphatic heterocycles. The number of hydrogen-bond donors (Lipinski definition) is 3. The average molecular weight is 477 g/mol. The smallest absolute Gasteiger partial charge is 0.255 e. The highest BCUT2D eigenvalue weighted by molar-refractivity contribution is 5.98. The van der Waals surface area contributed by atoms with Crippen LogP contribution in [0.25, 0.3) is 22.0 Å². The molecule has 0 fully saturated rings. The van der Waals surface area contributed by atoms with Gasteiger partial charge in [0.2, 0.25) is 0 Å². The van der Waals surface area contributed by atoms with Crippen LogP contribution < -0.4 is 14.8 Å². The molecule has 4 aromatic rings. The van der Waals surface area contributed by atoms with Gasteiger partial charge in [-0.2, -0.15) is 0 Å². The Morgan fingerprint density at radius 2 is 1.86 bits per heavy atom. The number of H-pyrrole nitrogens is 1. The summed E-state index contributed by atoms with van der Waals surface area (Å²) in [4.78, 5) is 16.4. The number of methoxy groups -OCH3 is 1. The SMILES string of the molecule is CCCOc1ccc(-c2ccc(OC)cc2)cc1C(=O)NC(CO)Cc1c[nH]c2ccc(F)cc12. The van der Waals surface area contributed by atoms with Crippen LogP contribution in [-0.2, 0) is 6.42 Å². The summed E-state index contributed by atoms with van der Waals surface area (Å²) in [5.74, 6) is 0.539. The maximum atomic E-state index is 13.8. The highest BCUT2D eigenvalue weighted by Gasteiger charge is 2.20. The van der Waals surface area contributed by atoms with Crippen LogP contribution in [0.2, 0.25) is 0 Å². The molecule has 4 rings (SSSR count). The molecule has 0 saturated heterocycles. The number of rotatable bonds is 10. The summed E-state index contributed by atoms with van der Waals surface area (Å²) in [6.45, 7) is 2.21. The number of ether oxygens (including phenoxy) is 2. The summed E-state index contributed by atoms with van der Waals surface area (Å²) in [7, 11) is 1.61. The van der Waals surface area contributed by atoms with Crippen LogP contribution in [0.15, 0.2) is 66.9 Å². The molecule has 1 atom stereocenters. The fourth-order valence-corrected chi connectivity index (χ4v) is 4.02. The van der Waals surface area contributed by atoms with E-state index in [2.05, 4.69) is 10.3 Å². The Morgan fingerprint density at radius 1 is 1.09 bits per heavy atom. The number of nitrogens with one attached hydrogen (secondary N) is 2. The molecule has 1 heterocycles. The van der Waals surface area contributed by atoms with Gasteiger partial charge in [-0.25, -0.2) is 4.39 Å². The van der Waals surface area contributed by atoms with Crippen molar-refractivity contribution in [2.75, 3.05) is 20.3 Å². The van der Waals surface area contributed by atoms with Gasteiger partial charge in [-0.15, -0.1) is 0 Å². The minimum atomic E-state index is -0.562. The van der Waals surface area contributed by atoms with Crippen LogP contribution >= 0.6 is 0 Å². The second-order valence-electron chi connectivity index (χ2n) is 8.35. The normalized spacial score (nSPS) is 11.9. The molecule has 1 unspecified atom stereocenters. The number of fused-ring (bicyclic) bond motifs is 1. The van der Waals surface area contributed by atoms with E-state index in [0.717, 1.165) is 39.8 Å². The third kappa shape index (κ3) is 5.63. The molecule has 0 bridgehead atoms. The minimum absolute atomic E-state index is 0.267. The van der Waals surface area contributed by atoms with Crippen molar-refractivity contribution in [1.82, 2.24) is 10.3 Å². The molecule has 3 aromatic carbocycles. The Kier molecular flexibility index (Phi) is 7.67. The van der Waals surface area contributed by atoms with Crippen molar-refractivity contribution in [2.45, 2.75) is 25.8 Å². The summed E-state index contributed by atoms with van der Waals surface area (Å²) in [6, 6.07) is 17.0. The topological polar surface area (TPSA) is 83.6 Å². The molecule has 0 saturated carbocycles. The van der Waals surface area contributed by atoms with E-state index in [1.165, 1.54) is 12.1 Å². The molecule has 35 heavy (non-hydrogen) atoms. The lowest BCUT2D eigenvalue weighted by atomic mass is 10.0. The van der Waals surface area contributed by atoms with Gasteiger partial charge in [0.05, 0.1) is 31.9 Å². The van der Waals surface area contributed by atoms with Crippen molar-refractivity contribution in [1.29, 1.82) is 0 Å². The van der Waals surface area contributed by atoms with E-state index in [4.69, 9.17) is 9.47 Å². The van der Waals surface area contributed by atoms with Crippen LogP contribution in [0, 0.1) is 5.82 Å². The lowest BCUT2D eigenvalue weighted by molar-refractivity contribution is 0.0912. The van der Waals surface area contributed by atoms with Gasteiger partial charge < -0.3 is 24.9 Å².